The van der Waals surface area contributed by atoms with Crippen LogP contribution in [0.25, 0.3) is 0 Å². The van der Waals surface area contributed by atoms with Crippen LogP contribution in [0.1, 0.15) is 25.7 Å². The quantitative estimate of drug-likeness (QED) is 0.878. The van der Waals surface area contributed by atoms with Gasteiger partial charge in [0, 0.05) is 11.9 Å². The summed E-state index contributed by atoms with van der Waals surface area (Å²) in [5.41, 5.74) is 0.811. The molecule has 3 rings (SSSR count). The van der Waals surface area contributed by atoms with Gasteiger partial charge in [0.15, 0.2) is 0 Å². The van der Waals surface area contributed by atoms with Crippen LogP contribution in [0.5, 0.6) is 0 Å². The van der Waals surface area contributed by atoms with Gasteiger partial charge in [0.2, 0.25) is 5.91 Å². The van der Waals surface area contributed by atoms with Gasteiger partial charge in [-0.25, -0.2) is 0 Å². The standard InChI is InChI=1S/C13H18N2OS.ClH/c16-12(15-11-4-6-17-8-11)13-5-2-1-3-10(13)7-14-9-13;/h4,6,8,10,14H,1-3,5,7,9H2,(H,15,16);1H/t10-,13+;/m0./s1. The van der Waals surface area contributed by atoms with E-state index in [1.54, 1.807) is 11.3 Å². The van der Waals surface area contributed by atoms with E-state index in [0.29, 0.717) is 5.92 Å². The number of amides is 1. The number of rotatable bonds is 2. The number of nitrogens with one attached hydrogen (secondary N) is 2. The lowest BCUT2D eigenvalue weighted by Gasteiger charge is -2.36. The average molecular weight is 287 g/mol. The van der Waals surface area contributed by atoms with Gasteiger partial charge < -0.3 is 10.6 Å². The van der Waals surface area contributed by atoms with Gasteiger partial charge in [-0.3, -0.25) is 4.79 Å². The summed E-state index contributed by atoms with van der Waals surface area (Å²) in [6.07, 6.45) is 4.71. The van der Waals surface area contributed by atoms with Crippen molar-refractivity contribution in [1.29, 1.82) is 0 Å². The van der Waals surface area contributed by atoms with Crippen LogP contribution >= 0.6 is 23.7 Å². The van der Waals surface area contributed by atoms with Crippen molar-refractivity contribution >= 4 is 35.3 Å². The first-order valence-electron chi connectivity index (χ1n) is 6.36. The minimum absolute atomic E-state index is 0. The lowest BCUT2D eigenvalue weighted by Crippen LogP contribution is -2.44. The molecule has 2 heterocycles. The number of halogens is 1. The third kappa shape index (κ3) is 2.29. The highest BCUT2D eigenvalue weighted by Crippen LogP contribution is 2.44. The molecule has 2 fully saturated rings. The SMILES string of the molecule is Cl.O=C(Nc1ccsc1)[C@@]12CCCC[C@H]1CNC2. The number of hydrogen-bond donors (Lipinski definition) is 2. The molecule has 1 aliphatic carbocycles. The maximum atomic E-state index is 12.5. The van der Waals surface area contributed by atoms with Crippen LogP contribution < -0.4 is 10.6 Å². The van der Waals surface area contributed by atoms with Crippen LogP contribution in [0.15, 0.2) is 16.8 Å². The van der Waals surface area contributed by atoms with Crippen LogP contribution in [0.2, 0.25) is 0 Å². The number of thiophene rings is 1. The largest absolute Gasteiger partial charge is 0.325 e. The van der Waals surface area contributed by atoms with Crippen LogP contribution in [-0.4, -0.2) is 19.0 Å². The first-order chi connectivity index (χ1) is 8.31. The van der Waals surface area contributed by atoms with Gasteiger partial charge in [-0.15, -0.1) is 12.4 Å². The summed E-state index contributed by atoms with van der Waals surface area (Å²) in [5, 5.41) is 10.5. The van der Waals surface area contributed by atoms with Gasteiger partial charge in [0.1, 0.15) is 0 Å². The van der Waals surface area contributed by atoms with Gasteiger partial charge >= 0.3 is 0 Å². The van der Waals surface area contributed by atoms with Gasteiger partial charge in [-0.1, -0.05) is 12.8 Å². The third-order valence-corrected chi connectivity index (χ3v) is 4.95. The molecular weight excluding hydrogens is 268 g/mol. The van der Waals surface area contributed by atoms with Crippen LogP contribution in [0.3, 0.4) is 0 Å². The van der Waals surface area contributed by atoms with E-state index in [2.05, 4.69) is 10.6 Å². The Morgan fingerprint density at radius 1 is 1.50 bits per heavy atom. The first kappa shape index (κ1) is 13.8. The molecule has 3 nitrogen and oxygen atoms in total. The van der Waals surface area contributed by atoms with Gasteiger partial charge in [0.25, 0.3) is 0 Å². The minimum atomic E-state index is -0.139. The predicted molar refractivity (Wildman–Crippen MR) is 77.5 cm³/mol. The summed E-state index contributed by atoms with van der Waals surface area (Å²) in [4.78, 5) is 12.5. The maximum absolute atomic E-state index is 12.5. The maximum Gasteiger partial charge on any atom is 0.232 e. The Labute approximate surface area is 118 Å². The Morgan fingerprint density at radius 2 is 2.39 bits per heavy atom. The normalized spacial score (nSPS) is 30.3. The molecule has 2 N–H and O–H groups in total. The van der Waals surface area contributed by atoms with Crippen molar-refractivity contribution < 1.29 is 4.79 Å². The molecule has 1 amide bonds. The topological polar surface area (TPSA) is 41.1 Å². The van der Waals surface area contributed by atoms with E-state index >= 15 is 0 Å². The highest BCUT2D eigenvalue weighted by Gasteiger charge is 2.49. The molecule has 2 atom stereocenters. The molecule has 0 spiro atoms. The second kappa shape index (κ2) is 5.59. The summed E-state index contributed by atoms with van der Waals surface area (Å²) >= 11 is 1.62. The van der Waals surface area contributed by atoms with E-state index in [0.717, 1.165) is 25.2 Å². The molecule has 0 unspecified atom stereocenters. The zero-order valence-corrected chi connectivity index (χ0v) is 11.9. The fourth-order valence-corrected chi connectivity index (χ4v) is 3.87. The molecule has 0 bridgehead atoms. The third-order valence-electron chi connectivity index (χ3n) is 4.27. The Morgan fingerprint density at radius 3 is 3.17 bits per heavy atom. The molecule has 1 saturated heterocycles. The van der Waals surface area contributed by atoms with E-state index in [1.165, 1.54) is 19.3 Å². The second-order valence-corrected chi connectivity index (χ2v) is 5.98. The molecule has 1 aromatic rings. The summed E-state index contributed by atoms with van der Waals surface area (Å²) in [6, 6.07) is 1.97. The van der Waals surface area contributed by atoms with E-state index < -0.39 is 0 Å². The number of carbonyl (C=O) groups is 1. The first-order valence-corrected chi connectivity index (χ1v) is 7.30. The van der Waals surface area contributed by atoms with Crippen molar-refractivity contribution in [3.8, 4) is 0 Å². The summed E-state index contributed by atoms with van der Waals surface area (Å²) in [6.45, 7) is 1.87. The number of carbonyl (C=O) groups excluding carboxylic acids is 1. The summed E-state index contributed by atoms with van der Waals surface area (Å²) < 4.78 is 0. The number of fused-ring (bicyclic) bond motifs is 1. The van der Waals surface area contributed by atoms with Crippen LogP contribution in [0.4, 0.5) is 5.69 Å². The molecule has 0 radical (unpaired) electrons. The highest BCUT2D eigenvalue weighted by atomic mass is 35.5. The van der Waals surface area contributed by atoms with E-state index in [-0.39, 0.29) is 23.7 Å². The van der Waals surface area contributed by atoms with Crippen LogP contribution in [-0.2, 0) is 4.79 Å². The molecule has 18 heavy (non-hydrogen) atoms. The van der Waals surface area contributed by atoms with Gasteiger partial charge in [-0.2, -0.15) is 11.3 Å². The van der Waals surface area contributed by atoms with E-state index in [9.17, 15) is 4.79 Å². The average Bonchev–Trinajstić information content (AvgIpc) is 2.96. The van der Waals surface area contributed by atoms with Crippen molar-refractivity contribution in [1.82, 2.24) is 5.32 Å². The zero-order chi connectivity index (χ0) is 11.7. The Hall–Kier alpha value is -0.580. The molecule has 1 saturated carbocycles. The predicted octanol–water partition coefficient (Wildman–Crippen LogP) is 2.89. The number of anilines is 1. The monoisotopic (exact) mass is 286 g/mol. The Bertz CT molecular complexity index is 409. The molecule has 0 aromatic carbocycles. The van der Waals surface area contributed by atoms with Crippen molar-refractivity contribution in [2.75, 3.05) is 18.4 Å². The van der Waals surface area contributed by atoms with Gasteiger partial charge in [0.05, 0.1) is 11.1 Å². The summed E-state index contributed by atoms with van der Waals surface area (Å²) in [7, 11) is 0. The van der Waals surface area contributed by atoms with Crippen molar-refractivity contribution in [3.05, 3.63) is 16.8 Å². The van der Waals surface area contributed by atoms with Crippen LogP contribution in [0, 0.1) is 11.3 Å². The second-order valence-electron chi connectivity index (χ2n) is 5.20. The van der Waals surface area contributed by atoms with Crippen molar-refractivity contribution in [2.24, 2.45) is 11.3 Å². The van der Waals surface area contributed by atoms with Gasteiger partial charge in [-0.05, 0) is 36.8 Å². The lowest BCUT2D eigenvalue weighted by atomic mass is 9.67. The highest BCUT2D eigenvalue weighted by molar-refractivity contribution is 7.08. The summed E-state index contributed by atoms with van der Waals surface area (Å²) in [5.74, 6) is 0.764. The lowest BCUT2D eigenvalue weighted by molar-refractivity contribution is -0.128. The van der Waals surface area contributed by atoms with E-state index in [1.807, 2.05) is 16.8 Å². The number of hydrogen-bond acceptors (Lipinski definition) is 3. The minimum Gasteiger partial charge on any atom is -0.325 e. The zero-order valence-electron chi connectivity index (χ0n) is 10.3. The molecular formula is C13H19ClN2OS. The fraction of sp³-hybridized carbons (Fsp3) is 0.615. The molecule has 1 aromatic heterocycles. The molecule has 1 aliphatic heterocycles. The molecule has 100 valence electrons. The van der Waals surface area contributed by atoms with Crippen molar-refractivity contribution in [3.63, 3.8) is 0 Å². The fourth-order valence-electron chi connectivity index (χ4n) is 3.28. The van der Waals surface area contributed by atoms with E-state index in [4.69, 9.17) is 0 Å². The Balaban J connectivity index is 0.00000120. The van der Waals surface area contributed by atoms with Crippen molar-refractivity contribution in [2.45, 2.75) is 25.7 Å². The smallest absolute Gasteiger partial charge is 0.232 e. The molecule has 5 heteroatoms. The molecule has 2 aliphatic rings. The Kier molecular flexibility index (Phi) is 4.30.